The van der Waals surface area contributed by atoms with Gasteiger partial charge in [-0.2, -0.15) is 10.5 Å². The van der Waals surface area contributed by atoms with Crippen molar-refractivity contribution in [1.82, 2.24) is 4.98 Å². The molecule has 1 aromatic carbocycles. The van der Waals surface area contributed by atoms with E-state index >= 15 is 0 Å². The van der Waals surface area contributed by atoms with E-state index in [4.69, 9.17) is 17.3 Å². The van der Waals surface area contributed by atoms with Gasteiger partial charge in [-0.3, -0.25) is 0 Å². The van der Waals surface area contributed by atoms with E-state index in [1.165, 1.54) is 23.9 Å². The van der Waals surface area contributed by atoms with Gasteiger partial charge in [-0.1, -0.05) is 23.7 Å². The molecule has 0 unspecified atom stereocenters. The molecule has 0 bridgehead atoms. The van der Waals surface area contributed by atoms with Crippen LogP contribution in [-0.4, -0.2) is 15.8 Å². The van der Waals surface area contributed by atoms with Crippen LogP contribution in [-0.2, 0) is 0 Å². The Balaban J connectivity index is 2.80. The molecule has 0 fully saturated rings. The highest BCUT2D eigenvalue weighted by Crippen LogP contribution is 2.38. The summed E-state index contributed by atoms with van der Waals surface area (Å²) in [6.07, 6.45) is 1.68. The molecule has 0 atom stereocenters. The van der Waals surface area contributed by atoms with Crippen LogP contribution in [0.25, 0.3) is 11.1 Å². The average molecular weight is 343 g/mol. The molecule has 114 valence electrons. The monoisotopic (exact) mass is 342 g/mol. The van der Waals surface area contributed by atoms with Gasteiger partial charge in [-0.15, -0.1) is 18.3 Å². The van der Waals surface area contributed by atoms with Gasteiger partial charge in [-0.25, -0.2) is 4.98 Å². The molecule has 0 aliphatic heterocycles. The minimum atomic E-state index is -0.0873. The van der Waals surface area contributed by atoms with Gasteiger partial charge in [0.05, 0.1) is 10.6 Å². The number of thioether (sulfide) groups is 1. The second-order valence-corrected chi connectivity index (χ2v) is 5.83. The molecule has 0 saturated heterocycles. The van der Waals surface area contributed by atoms with Crippen molar-refractivity contribution in [3.8, 4) is 29.0 Å². The van der Waals surface area contributed by atoms with E-state index in [2.05, 4.69) is 17.6 Å². The summed E-state index contributed by atoms with van der Waals surface area (Å²) in [5, 5.41) is 29.0. The van der Waals surface area contributed by atoms with Crippen LogP contribution >= 0.6 is 23.4 Å². The van der Waals surface area contributed by atoms with Crippen molar-refractivity contribution in [3.63, 3.8) is 0 Å². The lowest BCUT2D eigenvalue weighted by Gasteiger charge is -2.13. The van der Waals surface area contributed by atoms with Crippen molar-refractivity contribution in [3.05, 3.63) is 47.0 Å². The zero-order valence-electron chi connectivity index (χ0n) is 11.9. The first-order chi connectivity index (χ1) is 11.0. The van der Waals surface area contributed by atoms with E-state index in [9.17, 15) is 15.6 Å². The fourth-order valence-corrected chi connectivity index (χ4v) is 2.90. The van der Waals surface area contributed by atoms with Crippen molar-refractivity contribution in [2.24, 2.45) is 0 Å². The number of nitriles is 2. The maximum Gasteiger partial charge on any atom is 0.143 e. The maximum atomic E-state index is 9.55. The molecule has 0 saturated carbocycles. The highest BCUT2D eigenvalue weighted by Gasteiger charge is 2.20. The minimum absolute atomic E-state index is 0.0391. The summed E-state index contributed by atoms with van der Waals surface area (Å²) in [5.41, 5.74) is 7.08. The first kappa shape index (κ1) is 16.7. The largest absolute Gasteiger partial charge is 0.506 e. The molecular weight excluding hydrogens is 332 g/mol. The summed E-state index contributed by atoms with van der Waals surface area (Å²) in [5.74, 6) is 0.496. The minimum Gasteiger partial charge on any atom is -0.506 e. The predicted octanol–water partition coefficient (Wildman–Crippen LogP) is 3.71. The van der Waals surface area contributed by atoms with E-state index < -0.39 is 0 Å². The topological polar surface area (TPSA) is 107 Å². The summed E-state index contributed by atoms with van der Waals surface area (Å²) >= 11 is 7.23. The molecule has 2 rings (SSSR count). The lowest BCUT2D eigenvalue weighted by atomic mass is 9.97. The molecule has 23 heavy (non-hydrogen) atoms. The van der Waals surface area contributed by atoms with Crippen molar-refractivity contribution in [1.29, 1.82) is 10.5 Å². The summed E-state index contributed by atoms with van der Waals surface area (Å²) in [6, 6.07) is 8.51. The SMILES string of the molecule is C=CCSc1nc(N)c(C#N)c(-c2ccc(O)c(Cl)c2)c1C#N. The van der Waals surface area contributed by atoms with Crippen molar-refractivity contribution < 1.29 is 5.11 Å². The summed E-state index contributed by atoms with van der Waals surface area (Å²) in [6.45, 7) is 3.63. The fraction of sp³-hybridized carbons (Fsp3) is 0.0625. The Bertz CT molecular complexity index is 868. The highest BCUT2D eigenvalue weighted by molar-refractivity contribution is 7.99. The number of halogens is 1. The zero-order valence-corrected chi connectivity index (χ0v) is 13.4. The molecule has 1 aromatic heterocycles. The van der Waals surface area contributed by atoms with Gasteiger partial charge >= 0.3 is 0 Å². The number of pyridine rings is 1. The number of aromatic nitrogens is 1. The Morgan fingerprint density at radius 1 is 1.35 bits per heavy atom. The van der Waals surface area contributed by atoms with E-state index in [0.29, 0.717) is 21.9 Å². The average Bonchev–Trinajstić information content (AvgIpc) is 2.54. The molecule has 7 heteroatoms. The van der Waals surface area contributed by atoms with Gasteiger partial charge in [0.2, 0.25) is 0 Å². The van der Waals surface area contributed by atoms with Gasteiger partial charge in [0.1, 0.15) is 34.3 Å². The number of rotatable bonds is 4. The highest BCUT2D eigenvalue weighted by atomic mass is 35.5. The molecule has 0 aliphatic carbocycles. The number of nitrogens with zero attached hydrogens (tertiary/aromatic N) is 3. The molecule has 0 aliphatic rings. The molecule has 0 amide bonds. The van der Waals surface area contributed by atoms with Gasteiger partial charge in [-0.05, 0) is 17.7 Å². The van der Waals surface area contributed by atoms with Crippen LogP contribution in [0.15, 0.2) is 35.9 Å². The van der Waals surface area contributed by atoms with Crippen LogP contribution in [0.1, 0.15) is 11.1 Å². The quantitative estimate of drug-likeness (QED) is 0.647. The van der Waals surface area contributed by atoms with Gasteiger partial charge in [0.25, 0.3) is 0 Å². The number of hydrogen-bond donors (Lipinski definition) is 2. The lowest BCUT2D eigenvalue weighted by Crippen LogP contribution is -2.03. The number of nitrogens with two attached hydrogens (primary N) is 1. The smallest absolute Gasteiger partial charge is 0.143 e. The number of benzene rings is 1. The van der Waals surface area contributed by atoms with Crippen LogP contribution in [0.2, 0.25) is 5.02 Å². The predicted molar refractivity (Wildman–Crippen MR) is 91.1 cm³/mol. The number of phenolic OH excluding ortho intramolecular Hbond substituents is 1. The number of phenols is 1. The second-order valence-electron chi connectivity index (χ2n) is 4.42. The summed E-state index contributed by atoms with van der Waals surface area (Å²) in [4.78, 5) is 4.14. The standard InChI is InChI=1S/C16H11ClN4OS/c1-2-5-23-16-11(8-19)14(10(7-18)15(20)21-16)9-3-4-13(22)12(17)6-9/h2-4,6,22H,1,5H2,(H2,20,21). The fourth-order valence-electron chi connectivity index (χ4n) is 1.99. The van der Waals surface area contributed by atoms with Crippen LogP contribution in [0.5, 0.6) is 5.75 Å². The third-order valence-electron chi connectivity index (χ3n) is 2.99. The van der Waals surface area contributed by atoms with E-state index in [1.807, 2.05) is 6.07 Å². The zero-order chi connectivity index (χ0) is 17.0. The summed E-state index contributed by atoms with van der Waals surface area (Å²) < 4.78 is 0. The third kappa shape index (κ3) is 3.24. The Morgan fingerprint density at radius 3 is 2.61 bits per heavy atom. The molecule has 1 heterocycles. The van der Waals surface area contributed by atoms with Crippen LogP contribution < -0.4 is 5.73 Å². The van der Waals surface area contributed by atoms with Crippen molar-refractivity contribution in [2.75, 3.05) is 11.5 Å². The molecular formula is C16H11ClN4OS. The Kier molecular flexibility index (Phi) is 5.13. The second kappa shape index (κ2) is 7.06. The Morgan fingerprint density at radius 2 is 2.04 bits per heavy atom. The number of hydrogen-bond acceptors (Lipinski definition) is 6. The number of nitrogen functional groups attached to an aromatic ring is 1. The van der Waals surface area contributed by atoms with E-state index in [1.54, 1.807) is 12.1 Å². The lowest BCUT2D eigenvalue weighted by molar-refractivity contribution is 0.475. The van der Waals surface area contributed by atoms with Crippen molar-refractivity contribution in [2.45, 2.75) is 5.03 Å². The van der Waals surface area contributed by atoms with Crippen molar-refractivity contribution >= 4 is 29.2 Å². The Labute approximate surface area is 142 Å². The van der Waals surface area contributed by atoms with Gasteiger partial charge < -0.3 is 10.8 Å². The van der Waals surface area contributed by atoms with E-state index in [0.717, 1.165) is 0 Å². The molecule has 5 nitrogen and oxygen atoms in total. The first-order valence-corrected chi connectivity index (χ1v) is 7.76. The van der Waals surface area contributed by atoms with Crippen LogP contribution in [0.4, 0.5) is 5.82 Å². The van der Waals surface area contributed by atoms with Crippen LogP contribution in [0.3, 0.4) is 0 Å². The molecule has 3 N–H and O–H groups in total. The van der Waals surface area contributed by atoms with Gasteiger partial charge in [0.15, 0.2) is 0 Å². The third-order valence-corrected chi connectivity index (χ3v) is 4.26. The van der Waals surface area contributed by atoms with E-state index in [-0.39, 0.29) is 27.7 Å². The number of anilines is 1. The number of aromatic hydroxyl groups is 1. The molecule has 0 spiro atoms. The Hall–Kier alpha value is -2.67. The molecule has 2 aromatic rings. The maximum absolute atomic E-state index is 9.55. The normalized spacial score (nSPS) is 9.87. The summed E-state index contributed by atoms with van der Waals surface area (Å²) in [7, 11) is 0. The van der Waals surface area contributed by atoms with Crippen LogP contribution in [0, 0.1) is 22.7 Å². The first-order valence-electron chi connectivity index (χ1n) is 6.39. The molecule has 0 radical (unpaired) electrons. The van der Waals surface area contributed by atoms with Gasteiger partial charge in [0, 0.05) is 11.3 Å².